The summed E-state index contributed by atoms with van der Waals surface area (Å²) < 4.78 is 0. The predicted molar refractivity (Wildman–Crippen MR) is 61.5 cm³/mol. The molecule has 0 spiro atoms. The van der Waals surface area contributed by atoms with Crippen molar-refractivity contribution in [1.29, 1.82) is 0 Å². The molecule has 0 bridgehead atoms. The number of hydrogen-bond acceptors (Lipinski definition) is 2. The maximum Gasteiger partial charge on any atom is 0.243 e. The van der Waals surface area contributed by atoms with Crippen LogP contribution in [0.3, 0.4) is 0 Å². The van der Waals surface area contributed by atoms with Gasteiger partial charge in [0.05, 0.1) is 6.54 Å². The summed E-state index contributed by atoms with van der Waals surface area (Å²) in [6.07, 6.45) is 8.30. The summed E-state index contributed by atoms with van der Waals surface area (Å²) in [5.41, 5.74) is 0. The number of nitrogens with one attached hydrogen (secondary N) is 1. The fraction of sp³-hybridized carbons (Fsp3) is 0.667. The van der Waals surface area contributed by atoms with E-state index < -0.39 is 0 Å². The van der Waals surface area contributed by atoms with Crippen molar-refractivity contribution in [3.8, 4) is 12.3 Å². The van der Waals surface area contributed by atoms with Crippen LogP contribution in [0.1, 0.15) is 32.6 Å². The quantitative estimate of drug-likeness (QED) is 0.545. The van der Waals surface area contributed by atoms with Gasteiger partial charge in [0.2, 0.25) is 11.8 Å². The first kappa shape index (κ1) is 12.6. The van der Waals surface area contributed by atoms with Crippen molar-refractivity contribution >= 4 is 11.8 Å². The Balaban J connectivity index is 2.49. The summed E-state index contributed by atoms with van der Waals surface area (Å²) in [5, 5.41) is 2.60. The Kier molecular flexibility index (Phi) is 4.84. The summed E-state index contributed by atoms with van der Waals surface area (Å²) in [4.78, 5) is 24.9. The maximum absolute atomic E-state index is 11.6. The van der Waals surface area contributed by atoms with Gasteiger partial charge in [-0.3, -0.25) is 9.59 Å². The summed E-state index contributed by atoms with van der Waals surface area (Å²) in [7, 11) is 0. The molecule has 0 aromatic carbocycles. The summed E-state index contributed by atoms with van der Waals surface area (Å²) in [5.74, 6) is 2.53. The van der Waals surface area contributed by atoms with Crippen molar-refractivity contribution in [2.45, 2.75) is 38.6 Å². The third-order valence-electron chi connectivity index (χ3n) is 2.77. The van der Waals surface area contributed by atoms with E-state index in [1.54, 1.807) is 4.90 Å². The first-order valence-corrected chi connectivity index (χ1v) is 5.71. The van der Waals surface area contributed by atoms with Crippen LogP contribution in [0.4, 0.5) is 0 Å². The van der Waals surface area contributed by atoms with E-state index in [2.05, 4.69) is 11.2 Å². The Morgan fingerprint density at radius 2 is 2.25 bits per heavy atom. The largest absolute Gasteiger partial charge is 0.345 e. The monoisotopic (exact) mass is 222 g/mol. The van der Waals surface area contributed by atoms with Crippen molar-refractivity contribution in [2.24, 2.45) is 0 Å². The molecule has 88 valence electrons. The Hall–Kier alpha value is -1.50. The van der Waals surface area contributed by atoms with Gasteiger partial charge < -0.3 is 10.2 Å². The summed E-state index contributed by atoms with van der Waals surface area (Å²) >= 11 is 0. The molecular formula is C12H18N2O2. The summed E-state index contributed by atoms with van der Waals surface area (Å²) in [6, 6.07) is -0.299. The smallest absolute Gasteiger partial charge is 0.243 e. The van der Waals surface area contributed by atoms with Gasteiger partial charge in [-0.25, -0.2) is 0 Å². The fourth-order valence-electron chi connectivity index (χ4n) is 1.89. The van der Waals surface area contributed by atoms with Crippen LogP contribution in [-0.2, 0) is 9.59 Å². The van der Waals surface area contributed by atoms with E-state index in [0.717, 1.165) is 19.3 Å². The van der Waals surface area contributed by atoms with Gasteiger partial charge in [0.15, 0.2) is 0 Å². The molecule has 1 atom stereocenters. The minimum atomic E-state index is -0.299. The molecule has 4 nitrogen and oxygen atoms in total. The Morgan fingerprint density at radius 1 is 1.50 bits per heavy atom. The highest BCUT2D eigenvalue weighted by Gasteiger charge is 2.32. The molecule has 0 aliphatic carbocycles. The second kappa shape index (κ2) is 6.16. The number of hydrogen-bond donors (Lipinski definition) is 1. The lowest BCUT2D eigenvalue weighted by atomic mass is 10.1. The standard InChI is InChI=1S/C12H18N2O2/c1-3-5-6-7-8-14-10(4-2)12(16)13-9-11(14)15/h1,10H,4-9H2,2H3,(H,13,16). The second-order valence-electron chi connectivity index (χ2n) is 3.89. The van der Waals surface area contributed by atoms with E-state index in [9.17, 15) is 9.59 Å². The topological polar surface area (TPSA) is 49.4 Å². The number of carbonyl (C=O) groups excluding carboxylic acids is 2. The zero-order valence-electron chi connectivity index (χ0n) is 9.66. The average Bonchev–Trinajstić information content (AvgIpc) is 2.29. The molecule has 1 unspecified atom stereocenters. The zero-order valence-corrected chi connectivity index (χ0v) is 9.66. The minimum absolute atomic E-state index is 0.00663. The van der Waals surface area contributed by atoms with Crippen LogP contribution in [0.15, 0.2) is 0 Å². The number of nitrogens with zero attached hydrogens (tertiary/aromatic N) is 1. The van der Waals surface area contributed by atoms with E-state index in [1.807, 2.05) is 6.92 Å². The van der Waals surface area contributed by atoms with Crippen LogP contribution in [0.2, 0.25) is 0 Å². The molecule has 1 rings (SSSR count). The Bertz CT molecular complexity index is 307. The van der Waals surface area contributed by atoms with E-state index in [-0.39, 0.29) is 24.4 Å². The van der Waals surface area contributed by atoms with Crippen LogP contribution in [-0.4, -0.2) is 35.8 Å². The molecule has 16 heavy (non-hydrogen) atoms. The van der Waals surface area contributed by atoms with Crippen molar-refractivity contribution in [3.63, 3.8) is 0 Å². The van der Waals surface area contributed by atoms with Crippen molar-refractivity contribution < 1.29 is 9.59 Å². The van der Waals surface area contributed by atoms with E-state index in [0.29, 0.717) is 13.0 Å². The highest BCUT2D eigenvalue weighted by Crippen LogP contribution is 2.11. The lowest BCUT2D eigenvalue weighted by Gasteiger charge is -2.34. The van der Waals surface area contributed by atoms with Gasteiger partial charge in [-0.2, -0.15) is 0 Å². The van der Waals surface area contributed by atoms with Gasteiger partial charge in [0.25, 0.3) is 0 Å². The third-order valence-corrected chi connectivity index (χ3v) is 2.77. The number of piperazine rings is 1. The van der Waals surface area contributed by atoms with E-state index >= 15 is 0 Å². The molecule has 0 radical (unpaired) electrons. The van der Waals surface area contributed by atoms with Gasteiger partial charge in [-0.15, -0.1) is 12.3 Å². The molecule has 1 heterocycles. The van der Waals surface area contributed by atoms with Crippen LogP contribution >= 0.6 is 0 Å². The fourth-order valence-corrected chi connectivity index (χ4v) is 1.89. The Labute approximate surface area is 96.4 Å². The predicted octanol–water partition coefficient (Wildman–Crippen LogP) is 0.527. The normalized spacial score (nSPS) is 20.5. The van der Waals surface area contributed by atoms with Crippen LogP contribution < -0.4 is 5.32 Å². The van der Waals surface area contributed by atoms with E-state index in [4.69, 9.17) is 6.42 Å². The van der Waals surface area contributed by atoms with Crippen LogP contribution in [0, 0.1) is 12.3 Å². The van der Waals surface area contributed by atoms with Gasteiger partial charge in [0.1, 0.15) is 6.04 Å². The Morgan fingerprint density at radius 3 is 2.88 bits per heavy atom. The van der Waals surface area contributed by atoms with E-state index in [1.165, 1.54) is 0 Å². The highest BCUT2D eigenvalue weighted by atomic mass is 16.2. The minimum Gasteiger partial charge on any atom is -0.345 e. The van der Waals surface area contributed by atoms with Crippen molar-refractivity contribution in [3.05, 3.63) is 0 Å². The molecule has 4 heteroatoms. The van der Waals surface area contributed by atoms with Gasteiger partial charge >= 0.3 is 0 Å². The van der Waals surface area contributed by atoms with Crippen molar-refractivity contribution in [1.82, 2.24) is 10.2 Å². The van der Waals surface area contributed by atoms with Crippen LogP contribution in [0.25, 0.3) is 0 Å². The highest BCUT2D eigenvalue weighted by molar-refractivity contribution is 5.94. The molecule has 0 saturated carbocycles. The molecule has 2 amide bonds. The molecule has 1 aliphatic heterocycles. The molecule has 1 fully saturated rings. The van der Waals surface area contributed by atoms with Gasteiger partial charge in [-0.05, 0) is 19.3 Å². The van der Waals surface area contributed by atoms with Gasteiger partial charge in [-0.1, -0.05) is 6.92 Å². The molecule has 1 saturated heterocycles. The first-order valence-electron chi connectivity index (χ1n) is 5.71. The molecule has 0 aromatic heterocycles. The molecule has 1 N–H and O–H groups in total. The third kappa shape index (κ3) is 2.99. The maximum atomic E-state index is 11.6. The molecule has 0 aromatic rings. The SMILES string of the molecule is C#CCCCCN1C(=O)CNC(=O)C1CC. The number of unbranched alkanes of at least 4 members (excludes halogenated alkanes) is 2. The van der Waals surface area contributed by atoms with Crippen LogP contribution in [0.5, 0.6) is 0 Å². The van der Waals surface area contributed by atoms with Crippen molar-refractivity contribution in [2.75, 3.05) is 13.1 Å². The molecule has 1 aliphatic rings. The number of rotatable bonds is 5. The first-order chi connectivity index (χ1) is 7.70. The molecular weight excluding hydrogens is 204 g/mol. The summed E-state index contributed by atoms with van der Waals surface area (Å²) in [6.45, 7) is 2.67. The number of terminal acetylenes is 1. The average molecular weight is 222 g/mol. The zero-order chi connectivity index (χ0) is 12.0. The second-order valence-corrected chi connectivity index (χ2v) is 3.89. The lowest BCUT2D eigenvalue weighted by Crippen LogP contribution is -2.58. The number of carbonyl (C=O) groups is 2. The lowest BCUT2D eigenvalue weighted by molar-refractivity contribution is -0.145. The number of amides is 2. The van der Waals surface area contributed by atoms with Gasteiger partial charge in [0, 0.05) is 13.0 Å².